The van der Waals surface area contributed by atoms with E-state index in [1.807, 2.05) is 0 Å². The molecule has 0 fully saturated rings. The van der Waals surface area contributed by atoms with Gasteiger partial charge in [-0.15, -0.1) is 0 Å². The summed E-state index contributed by atoms with van der Waals surface area (Å²) in [7, 11) is 0. The number of nitrogens with one attached hydrogen (secondary N) is 9. The molecule has 446 valence electrons. The van der Waals surface area contributed by atoms with E-state index < -0.39 is 156 Å². The van der Waals surface area contributed by atoms with Gasteiger partial charge in [-0.05, 0) is 78.6 Å². The maximum absolute atomic E-state index is 14.7. The molecular weight excluding hydrogens is 1070 g/mol. The number of hydrogen-bond donors (Lipinski definition) is 13. The summed E-state index contributed by atoms with van der Waals surface area (Å²) in [6.07, 6.45) is 1.86. The van der Waals surface area contributed by atoms with Gasteiger partial charge in [-0.25, -0.2) is 4.79 Å². The number of carbonyl (C=O) groups excluding carboxylic acids is 9. The van der Waals surface area contributed by atoms with Gasteiger partial charge in [-0.3, -0.25) is 47.9 Å². The number of amides is 9. The number of aliphatic carboxylic acids is 2. The first-order valence-electron chi connectivity index (χ1n) is 27.2. The number of nitrogens with two attached hydrogens (primary N) is 2. The van der Waals surface area contributed by atoms with E-state index in [2.05, 4.69) is 47.5 Å². The van der Waals surface area contributed by atoms with Crippen molar-refractivity contribution in [3.05, 3.63) is 71.9 Å². The zero-order valence-corrected chi connectivity index (χ0v) is 48.4. The Morgan fingerprint density at radius 2 is 1.06 bits per heavy atom. The molecule has 3 rings (SSSR count). The molecule has 0 radical (unpaired) electrons. The molecule has 2 aromatic carbocycles. The van der Waals surface area contributed by atoms with Crippen LogP contribution in [-0.2, 0) is 65.6 Å². The summed E-state index contributed by atoms with van der Waals surface area (Å²) in [6.45, 7) is 13.6. The summed E-state index contributed by atoms with van der Waals surface area (Å²) in [4.78, 5) is 152. The number of benzene rings is 2. The fraction of sp³-hybridized carbons (Fsp3) is 0.554. The second kappa shape index (κ2) is 33.3. The molecule has 0 spiro atoms. The quantitative estimate of drug-likeness (QED) is 0.0393. The highest BCUT2D eigenvalue weighted by Crippen LogP contribution is 2.21. The Labute approximate surface area is 476 Å². The molecule has 1 aromatic heterocycles. The van der Waals surface area contributed by atoms with Crippen LogP contribution in [-0.4, -0.2) is 147 Å². The summed E-state index contributed by atoms with van der Waals surface area (Å²) in [5, 5.41) is 40.9. The number of carbonyl (C=O) groups is 11. The second-order valence-electron chi connectivity index (χ2n) is 21.4. The van der Waals surface area contributed by atoms with Gasteiger partial charge in [0.2, 0.25) is 53.2 Å². The number of thioether (sulfide) groups is 1. The molecular formula is C56H83N11O13S. The van der Waals surface area contributed by atoms with E-state index in [0.29, 0.717) is 28.6 Å². The van der Waals surface area contributed by atoms with Crippen LogP contribution >= 0.6 is 11.8 Å². The standard InChI is InChI=1S/C56H83N11O13S/c1-10-32(8)47(55(78)65-45(30(4)5)54(77)61-39(22-23-81-9)50(73)66-46(31(6)7)56(79)80)67-53(76)41(26-34-28-59-37-19-15-14-18-35(34)37)63-49(72)38(20-21-44(69)70)60-52(75)42(27-43(58)68)64-51(74)40(24-29(2)3)62-48(71)36(57)25-33-16-12-11-13-17-33/h11-19,28-32,36,38-42,45-47,59H,10,20-27,57H2,1-9H3,(H2,58,68)(H,60,75)(H,61,77)(H,62,71)(H,63,72)(H,64,74)(H,65,78)(H,66,73)(H,67,76)(H,69,70)(H,79,80). The highest BCUT2D eigenvalue weighted by molar-refractivity contribution is 7.98. The normalized spacial score (nSPS) is 15.1. The van der Waals surface area contributed by atoms with Gasteiger partial charge >= 0.3 is 11.9 Å². The predicted octanol–water partition coefficient (Wildman–Crippen LogP) is 1.14. The first-order valence-corrected chi connectivity index (χ1v) is 28.6. The predicted molar refractivity (Wildman–Crippen MR) is 305 cm³/mol. The third-order valence-electron chi connectivity index (χ3n) is 13.5. The lowest BCUT2D eigenvalue weighted by Gasteiger charge is -2.31. The Morgan fingerprint density at radius 3 is 1.64 bits per heavy atom. The lowest BCUT2D eigenvalue weighted by atomic mass is 9.95. The zero-order valence-electron chi connectivity index (χ0n) is 47.6. The number of para-hydroxylation sites is 1. The fourth-order valence-electron chi connectivity index (χ4n) is 8.70. The Balaban J connectivity index is 1.97. The Hall–Kier alpha value is -7.54. The van der Waals surface area contributed by atoms with E-state index >= 15 is 0 Å². The smallest absolute Gasteiger partial charge is 0.326 e. The summed E-state index contributed by atoms with van der Waals surface area (Å²) < 4.78 is 0. The van der Waals surface area contributed by atoms with Crippen LogP contribution in [0.1, 0.15) is 105 Å². The van der Waals surface area contributed by atoms with Crippen LogP contribution in [0.2, 0.25) is 0 Å². The fourth-order valence-corrected chi connectivity index (χ4v) is 9.17. The molecule has 15 N–H and O–H groups in total. The van der Waals surface area contributed by atoms with Crippen LogP contribution in [0.15, 0.2) is 60.8 Å². The molecule has 10 atom stereocenters. The summed E-state index contributed by atoms with van der Waals surface area (Å²) in [6, 6.07) is 3.69. The molecule has 9 amide bonds. The lowest BCUT2D eigenvalue weighted by Crippen LogP contribution is -2.62. The van der Waals surface area contributed by atoms with E-state index in [1.54, 1.807) is 122 Å². The summed E-state index contributed by atoms with van der Waals surface area (Å²) >= 11 is 1.40. The van der Waals surface area contributed by atoms with Gasteiger partial charge in [0, 0.05) is 29.9 Å². The average Bonchev–Trinajstić information content (AvgIpc) is 3.91. The number of H-pyrrole nitrogens is 1. The van der Waals surface area contributed by atoms with Crippen molar-refractivity contribution < 1.29 is 63.0 Å². The van der Waals surface area contributed by atoms with Gasteiger partial charge in [-0.1, -0.05) is 110 Å². The van der Waals surface area contributed by atoms with E-state index in [4.69, 9.17) is 11.5 Å². The zero-order chi connectivity index (χ0) is 60.7. The van der Waals surface area contributed by atoms with Crippen molar-refractivity contribution >= 4 is 87.8 Å². The number of carboxylic acids is 2. The minimum atomic E-state index is -1.75. The molecule has 10 unspecified atom stereocenters. The van der Waals surface area contributed by atoms with Crippen molar-refractivity contribution in [2.75, 3.05) is 12.0 Å². The molecule has 0 aliphatic heterocycles. The molecule has 0 saturated carbocycles. The maximum atomic E-state index is 14.7. The summed E-state index contributed by atoms with van der Waals surface area (Å²) in [5.41, 5.74) is 13.7. The van der Waals surface area contributed by atoms with Crippen molar-refractivity contribution in [3.8, 4) is 0 Å². The average molecular weight is 1150 g/mol. The van der Waals surface area contributed by atoms with E-state index in [0.717, 1.165) is 5.56 Å². The number of hydrogen-bond acceptors (Lipinski definition) is 13. The van der Waals surface area contributed by atoms with E-state index in [-0.39, 0.29) is 31.6 Å². The SMILES string of the molecule is CCC(C)C(NC(=O)C(Cc1c[nH]c2ccccc12)NC(=O)C(CCC(=O)O)NC(=O)C(CC(N)=O)NC(=O)C(CC(C)C)NC(=O)C(N)Cc1ccccc1)C(=O)NC(C(=O)NC(CCSC)C(=O)NC(C(=O)O)C(C)C)C(C)C. The molecule has 24 nitrogen and oxygen atoms in total. The van der Waals surface area contributed by atoms with Gasteiger partial charge < -0.3 is 69.2 Å². The van der Waals surface area contributed by atoms with Gasteiger partial charge in [-0.2, -0.15) is 11.8 Å². The van der Waals surface area contributed by atoms with Gasteiger partial charge in [0.25, 0.3) is 0 Å². The Kier molecular flexibility index (Phi) is 27.8. The number of rotatable bonds is 35. The lowest BCUT2D eigenvalue weighted by molar-refractivity contribution is -0.143. The highest BCUT2D eigenvalue weighted by Gasteiger charge is 2.38. The number of aromatic nitrogens is 1. The molecule has 3 aromatic rings. The van der Waals surface area contributed by atoms with Crippen LogP contribution in [0.25, 0.3) is 10.9 Å². The molecule has 0 aliphatic carbocycles. The van der Waals surface area contributed by atoms with Crippen molar-refractivity contribution in [1.82, 2.24) is 47.5 Å². The van der Waals surface area contributed by atoms with Gasteiger partial charge in [0.1, 0.15) is 48.3 Å². The number of fused-ring (bicyclic) bond motifs is 1. The van der Waals surface area contributed by atoms with Crippen LogP contribution < -0.4 is 54.0 Å². The number of primary amides is 1. The minimum Gasteiger partial charge on any atom is -0.481 e. The second-order valence-corrected chi connectivity index (χ2v) is 22.3. The molecule has 81 heavy (non-hydrogen) atoms. The molecule has 0 bridgehead atoms. The topological polar surface area (TPSA) is 392 Å². The third kappa shape index (κ3) is 22.1. The van der Waals surface area contributed by atoms with Crippen molar-refractivity contribution in [1.29, 1.82) is 0 Å². The van der Waals surface area contributed by atoms with Crippen LogP contribution in [0.4, 0.5) is 0 Å². The third-order valence-corrected chi connectivity index (χ3v) is 14.2. The first-order chi connectivity index (χ1) is 38.2. The molecule has 0 aliphatic rings. The molecule has 1 heterocycles. The van der Waals surface area contributed by atoms with E-state index in [1.165, 1.54) is 11.8 Å². The van der Waals surface area contributed by atoms with Crippen molar-refractivity contribution in [2.24, 2.45) is 35.1 Å². The largest absolute Gasteiger partial charge is 0.481 e. The Bertz CT molecular complexity index is 2650. The van der Waals surface area contributed by atoms with Crippen molar-refractivity contribution in [2.45, 2.75) is 161 Å². The summed E-state index contributed by atoms with van der Waals surface area (Å²) in [5.74, 6) is -12.0. The van der Waals surface area contributed by atoms with Crippen molar-refractivity contribution in [3.63, 3.8) is 0 Å². The maximum Gasteiger partial charge on any atom is 0.326 e. The minimum absolute atomic E-state index is 0.0762. The van der Waals surface area contributed by atoms with Gasteiger partial charge in [0.05, 0.1) is 12.5 Å². The van der Waals surface area contributed by atoms with Crippen LogP contribution in [0.5, 0.6) is 0 Å². The number of aromatic amines is 1. The van der Waals surface area contributed by atoms with Gasteiger partial charge in [0.15, 0.2) is 0 Å². The molecule has 0 saturated heterocycles. The highest BCUT2D eigenvalue weighted by atomic mass is 32.2. The first kappa shape index (κ1) is 67.7. The molecule has 25 heteroatoms. The van der Waals surface area contributed by atoms with Crippen LogP contribution in [0, 0.1) is 23.7 Å². The monoisotopic (exact) mass is 1150 g/mol. The van der Waals surface area contributed by atoms with Crippen LogP contribution in [0.3, 0.4) is 0 Å². The van der Waals surface area contributed by atoms with E-state index in [9.17, 15) is 63.0 Å². The Morgan fingerprint density at radius 1 is 0.568 bits per heavy atom. The number of carboxylic acid groups (broad SMARTS) is 2.